The molecule has 1 aliphatic heterocycles. The van der Waals surface area contributed by atoms with Crippen LogP contribution in [0.3, 0.4) is 0 Å². The standard InChI is InChI=1S/C13H12BN2/c1-2-4-10(5-3-1)14-11-6-7-12-13(8-11)16-9-15-12/h1-8,15-16H,9H2. The second-order valence-electron chi connectivity index (χ2n) is 3.89. The van der Waals surface area contributed by atoms with Gasteiger partial charge in [0.2, 0.25) is 0 Å². The Balaban J connectivity index is 1.86. The van der Waals surface area contributed by atoms with Gasteiger partial charge in [0.25, 0.3) is 0 Å². The number of fused-ring (bicyclic) bond motifs is 1. The largest absolute Gasteiger partial charge is 0.366 e. The number of hydrogen-bond acceptors (Lipinski definition) is 2. The summed E-state index contributed by atoms with van der Waals surface area (Å²) in [5, 5.41) is 6.56. The molecule has 0 fully saturated rings. The summed E-state index contributed by atoms with van der Waals surface area (Å²) >= 11 is 0. The molecule has 0 unspecified atom stereocenters. The van der Waals surface area contributed by atoms with Crippen LogP contribution in [0.5, 0.6) is 0 Å². The summed E-state index contributed by atoms with van der Waals surface area (Å²) in [4.78, 5) is 0. The van der Waals surface area contributed by atoms with E-state index in [9.17, 15) is 0 Å². The molecule has 0 aromatic heterocycles. The van der Waals surface area contributed by atoms with Crippen molar-refractivity contribution >= 4 is 29.6 Å². The molecular weight excluding hydrogens is 195 g/mol. The van der Waals surface area contributed by atoms with E-state index >= 15 is 0 Å². The van der Waals surface area contributed by atoms with Crippen LogP contribution in [-0.4, -0.2) is 13.9 Å². The van der Waals surface area contributed by atoms with Crippen LogP contribution in [-0.2, 0) is 0 Å². The average Bonchev–Trinajstić information content (AvgIpc) is 2.77. The molecule has 2 N–H and O–H groups in total. The lowest BCUT2D eigenvalue weighted by Crippen LogP contribution is -2.26. The van der Waals surface area contributed by atoms with Crippen molar-refractivity contribution in [2.75, 3.05) is 17.3 Å². The van der Waals surface area contributed by atoms with E-state index in [-0.39, 0.29) is 0 Å². The summed E-state index contributed by atoms with van der Waals surface area (Å²) in [6.45, 7) is 0.824. The highest BCUT2D eigenvalue weighted by molar-refractivity contribution is 6.67. The summed E-state index contributed by atoms with van der Waals surface area (Å²) in [5.41, 5.74) is 4.82. The Bertz CT molecular complexity index is 497. The van der Waals surface area contributed by atoms with E-state index in [1.165, 1.54) is 22.3 Å². The van der Waals surface area contributed by atoms with Crippen LogP contribution in [0.15, 0.2) is 48.5 Å². The van der Waals surface area contributed by atoms with Gasteiger partial charge in [0.15, 0.2) is 7.28 Å². The topological polar surface area (TPSA) is 24.1 Å². The molecule has 2 aromatic carbocycles. The summed E-state index contributed by atoms with van der Waals surface area (Å²) in [6.07, 6.45) is 0. The lowest BCUT2D eigenvalue weighted by molar-refractivity contribution is 1.31. The van der Waals surface area contributed by atoms with Crippen molar-refractivity contribution < 1.29 is 0 Å². The highest BCUT2D eigenvalue weighted by Crippen LogP contribution is 2.23. The Kier molecular flexibility index (Phi) is 2.29. The van der Waals surface area contributed by atoms with E-state index in [0.29, 0.717) is 0 Å². The highest BCUT2D eigenvalue weighted by atomic mass is 15.1. The number of nitrogens with one attached hydrogen (secondary N) is 2. The number of benzene rings is 2. The maximum atomic E-state index is 3.30. The SMILES string of the molecule is [B](c1ccccc1)c1ccc2c(c1)NCN2. The molecule has 0 atom stereocenters. The van der Waals surface area contributed by atoms with Crippen molar-refractivity contribution in [3.05, 3.63) is 48.5 Å². The average molecular weight is 207 g/mol. The molecule has 1 aliphatic rings. The first kappa shape index (κ1) is 9.34. The zero-order valence-electron chi connectivity index (χ0n) is 8.90. The van der Waals surface area contributed by atoms with Crippen LogP contribution < -0.4 is 21.6 Å². The Morgan fingerprint density at radius 3 is 2.50 bits per heavy atom. The summed E-state index contributed by atoms with van der Waals surface area (Å²) in [6, 6.07) is 16.8. The van der Waals surface area contributed by atoms with Gasteiger partial charge in [-0.1, -0.05) is 47.3 Å². The molecule has 1 heterocycles. The van der Waals surface area contributed by atoms with Crippen LogP contribution in [0.2, 0.25) is 0 Å². The Morgan fingerprint density at radius 2 is 1.62 bits per heavy atom. The minimum atomic E-state index is 0.824. The Hall–Kier alpha value is -1.90. The minimum Gasteiger partial charge on any atom is -0.366 e. The van der Waals surface area contributed by atoms with Crippen molar-refractivity contribution in [2.45, 2.75) is 0 Å². The normalized spacial score (nSPS) is 12.5. The molecule has 0 saturated heterocycles. The van der Waals surface area contributed by atoms with Gasteiger partial charge in [-0.25, -0.2) is 0 Å². The van der Waals surface area contributed by atoms with Crippen LogP contribution in [0, 0.1) is 0 Å². The lowest BCUT2D eigenvalue weighted by Gasteiger charge is -2.03. The van der Waals surface area contributed by atoms with E-state index in [1.807, 2.05) is 6.07 Å². The first-order chi connectivity index (χ1) is 7.92. The van der Waals surface area contributed by atoms with Crippen molar-refractivity contribution in [1.82, 2.24) is 0 Å². The molecule has 3 heteroatoms. The quantitative estimate of drug-likeness (QED) is 0.721. The first-order valence-electron chi connectivity index (χ1n) is 5.43. The molecule has 2 nitrogen and oxygen atoms in total. The van der Waals surface area contributed by atoms with Gasteiger partial charge in [-0.05, 0) is 12.1 Å². The third kappa shape index (κ3) is 1.76. The summed E-state index contributed by atoms with van der Waals surface area (Å²) in [7, 11) is 2.18. The van der Waals surface area contributed by atoms with E-state index < -0.39 is 0 Å². The smallest absolute Gasteiger partial charge is 0.191 e. The van der Waals surface area contributed by atoms with Crippen molar-refractivity contribution in [3.8, 4) is 0 Å². The van der Waals surface area contributed by atoms with Gasteiger partial charge < -0.3 is 10.6 Å². The predicted molar refractivity (Wildman–Crippen MR) is 70.0 cm³/mol. The molecule has 77 valence electrons. The highest BCUT2D eigenvalue weighted by Gasteiger charge is 2.09. The van der Waals surface area contributed by atoms with E-state index in [4.69, 9.17) is 0 Å². The monoisotopic (exact) mass is 207 g/mol. The zero-order chi connectivity index (χ0) is 10.8. The molecule has 0 amide bonds. The molecule has 0 spiro atoms. The van der Waals surface area contributed by atoms with E-state index in [0.717, 1.165) is 6.67 Å². The van der Waals surface area contributed by atoms with E-state index in [2.05, 4.69) is 60.4 Å². The van der Waals surface area contributed by atoms with Gasteiger partial charge in [-0.2, -0.15) is 0 Å². The predicted octanol–water partition coefficient (Wildman–Crippen LogP) is 1.14. The molecular formula is C13H12BN2. The van der Waals surface area contributed by atoms with Crippen LogP contribution in [0.4, 0.5) is 11.4 Å². The fourth-order valence-electron chi connectivity index (χ4n) is 1.93. The molecule has 16 heavy (non-hydrogen) atoms. The molecule has 0 bridgehead atoms. The summed E-state index contributed by atoms with van der Waals surface area (Å²) < 4.78 is 0. The minimum absolute atomic E-state index is 0.824. The van der Waals surface area contributed by atoms with Gasteiger partial charge in [0.1, 0.15) is 0 Å². The lowest BCUT2D eigenvalue weighted by atomic mass is 9.64. The first-order valence-corrected chi connectivity index (χ1v) is 5.43. The van der Waals surface area contributed by atoms with Crippen molar-refractivity contribution in [3.63, 3.8) is 0 Å². The van der Waals surface area contributed by atoms with Gasteiger partial charge in [0.05, 0.1) is 18.0 Å². The van der Waals surface area contributed by atoms with Crippen LogP contribution in [0.25, 0.3) is 0 Å². The number of anilines is 2. The second kappa shape index (κ2) is 3.93. The number of rotatable bonds is 2. The maximum Gasteiger partial charge on any atom is 0.191 e. The van der Waals surface area contributed by atoms with Crippen LogP contribution >= 0.6 is 0 Å². The molecule has 1 radical (unpaired) electrons. The number of hydrogen-bond donors (Lipinski definition) is 2. The fraction of sp³-hybridized carbons (Fsp3) is 0.0769. The second-order valence-corrected chi connectivity index (χ2v) is 3.89. The maximum absolute atomic E-state index is 3.30. The molecule has 3 rings (SSSR count). The third-order valence-electron chi connectivity index (χ3n) is 2.73. The Labute approximate surface area is 95.9 Å². The fourth-order valence-corrected chi connectivity index (χ4v) is 1.93. The molecule has 0 saturated carbocycles. The van der Waals surface area contributed by atoms with Gasteiger partial charge in [0, 0.05) is 0 Å². The zero-order valence-corrected chi connectivity index (χ0v) is 8.90. The van der Waals surface area contributed by atoms with Gasteiger partial charge in [-0.15, -0.1) is 0 Å². The van der Waals surface area contributed by atoms with Crippen molar-refractivity contribution in [1.29, 1.82) is 0 Å². The third-order valence-corrected chi connectivity index (χ3v) is 2.73. The van der Waals surface area contributed by atoms with E-state index in [1.54, 1.807) is 0 Å². The van der Waals surface area contributed by atoms with Gasteiger partial charge >= 0.3 is 0 Å². The Morgan fingerprint density at radius 1 is 0.812 bits per heavy atom. The van der Waals surface area contributed by atoms with Gasteiger partial charge in [-0.3, -0.25) is 0 Å². The van der Waals surface area contributed by atoms with Crippen LogP contribution in [0.1, 0.15) is 0 Å². The van der Waals surface area contributed by atoms with Crippen molar-refractivity contribution in [2.24, 2.45) is 0 Å². The summed E-state index contributed by atoms with van der Waals surface area (Å²) in [5.74, 6) is 0. The molecule has 2 aromatic rings. The molecule has 0 aliphatic carbocycles.